The van der Waals surface area contributed by atoms with Gasteiger partial charge in [0.1, 0.15) is 18.7 Å². The maximum Gasteiger partial charge on any atom is 0.408 e. The first-order valence-electron chi connectivity index (χ1n) is 10.8. The Labute approximate surface area is 195 Å². The van der Waals surface area contributed by atoms with Gasteiger partial charge in [-0.15, -0.1) is 0 Å². The van der Waals surface area contributed by atoms with Crippen LogP contribution in [0.15, 0.2) is 42.7 Å². The van der Waals surface area contributed by atoms with Crippen LogP contribution < -0.4 is 15.8 Å². The number of carbonyl (C=O) groups is 2. The Morgan fingerprint density at radius 2 is 1.88 bits per heavy atom. The molecule has 0 saturated heterocycles. The molecular weight excluding hydrogens is 420 g/mol. The van der Waals surface area contributed by atoms with Gasteiger partial charge in [0, 0.05) is 6.54 Å². The highest BCUT2D eigenvalue weighted by atomic mass is 16.5. The number of aromatic nitrogens is 2. The number of benzene rings is 1. The fraction of sp³-hybridized carbons (Fsp3) is 0.458. The van der Waals surface area contributed by atoms with Gasteiger partial charge in [-0.1, -0.05) is 65.0 Å². The zero-order valence-corrected chi connectivity index (χ0v) is 19.8. The molecule has 0 aliphatic carbocycles. The molecule has 1 aromatic heterocycles. The highest BCUT2D eigenvalue weighted by Crippen LogP contribution is 2.19. The summed E-state index contributed by atoms with van der Waals surface area (Å²) in [6.45, 7) is 10.5. The van der Waals surface area contributed by atoms with Crippen LogP contribution in [0.2, 0.25) is 0 Å². The maximum atomic E-state index is 13.2. The van der Waals surface area contributed by atoms with E-state index < -0.39 is 18.0 Å². The first kappa shape index (κ1) is 25.6. The van der Waals surface area contributed by atoms with Crippen molar-refractivity contribution in [1.82, 2.24) is 20.7 Å². The Hall–Kier alpha value is -3.67. The lowest BCUT2D eigenvalue weighted by molar-refractivity contribution is -0.123. The van der Waals surface area contributed by atoms with Gasteiger partial charge < -0.3 is 10.1 Å². The summed E-state index contributed by atoms with van der Waals surface area (Å²) in [6, 6.07) is 10.4. The molecule has 0 bridgehead atoms. The number of hydrogen-bond acceptors (Lipinski definition) is 7. The molecule has 0 spiro atoms. The van der Waals surface area contributed by atoms with Gasteiger partial charge in [-0.3, -0.25) is 20.2 Å². The number of nitrogens with one attached hydrogen (secondary N) is 2. The van der Waals surface area contributed by atoms with E-state index >= 15 is 0 Å². The molecular formula is C24H32N6O3. The van der Waals surface area contributed by atoms with E-state index in [4.69, 9.17) is 10.00 Å². The molecule has 1 atom stereocenters. The van der Waals surface area contributed by atoms with E-state index in [1.807, 2.05) is 71.0 Å². The summed E-state index contributed by atoms with van der Waals surface area (Å²) < 4.78 is 5.29. The van der Waals surface area contributed by atoms with Crippen LogP contribution in [0.3, 0.4) is 0 Å². The van der Waals surface area contributed by atoms with Gasteiger partial charge in [0.05, 0.1) is 12.4 Å². The van der Waals surface area contributed by atoms with Gasteiger partial charge in [0.25, 0.3) is 5.91 Å². The van der Waals surface area contributed by atoms with E-state index in [0.29, 0.717) is 18.8 Å². The molecule has 1 aromatic carbocycles. The normalized spacial score (nSPS) is 11.9. The van der Waals surface area contributed by atoms with Crippen LogP contribution in [-0.2, 0) is 16.1 Å². The van der Waals surface area contributed by atoms with Gasteiger partial charge in [0.2, 0.25) is 0 Å². The smallest absolute Gasteiger partial charge is 0.408 e. The summed E-state index contributed by atoms with van der Waals surface area (Å²) in [6.07, 6.45) is 2.58. The van der Waals surface area contributed by atoms with Crippen LogP contribution >= 0.6 is 0 Å². The molecule has 1 unspecified atom stereocenters. The molecule has 0 aliphatic heterocycles. The van der Waals surface area contributed by atoms with Gasteiger partial charge in [-0.25, -0.2) is 9.78 Å². The Morgan fingerprint density at radius 3 is 2.48 bits per heavy atom. The van der Waals surface area contributed by atoms with Crippen molar-refractivity contribution in [2.24, 2.45) is 11.3 Å². The molecule has 2 aromatic rings. The topological polar surface area (TPSA) is 120 Å². The number of ether oxygens (including phenoxy) is 1. The Morgan fingerprint density at radius 1 is 1.18 bits per heavy atom. The number of alkyl carbamates (subject to hydrolysis) is 1. The molecule has 1 heterocycles. The zero-order chi connectivity index (χ0) is 24.4. The summed E-state index contributed by atoms with van der Waals surface area (Å²) in [5, 5.41) is 13.4. The lowest BCUT2D eigenvalue weighted by atomic mass is 9.96. The van der Waals surface area contributed by atoms with Gasteiger partial charge in [0.15, 0.2) is 11.5 Å². The van der Waals surface area contributed by atoms with Crippen molar-refractivity contribution in [3.8, 4) is 6.07 Å². The van der Waals surface area contributed by atoms with Gasteiger partial charge in [-0.05, 0) is 23.3 Å². The van der Waals surface area contributed by atoms with Crippen molar-refractivity contribution in [1.29, 1.82) is 5.26 Å². The molecule has 0 radical (unpaired) electrons. The van der Waals surface area contributed by atoms with Crippen molar-refractivity contribution in [3.05, 3.63) is 54.0 Å². The average molecular weight is 453 g/mol. The van der Waals surface area contributed by atoms with Crippen molar-refractivity contribution in [3.63, 3.8) is 0 Å². The monoisotopic (exact) mass is 452 g/mol. The predicted octanol–water partition coefficient (Wildman–Crippen LogP) is 3.57. The highest BCUT2D eigenvalue weighted by molar-refractivity contribution is 5.86. The van der Waals surface area contributed by atoms with E-state index in [1.54, 1.807) is 5.01 Å². The third kappa shape index (κ3) is 9.15. The zero-order valence-electron chi connectivity index (χ0n) is 19.8. The fourth-order valence-electron chi connectivity index (χ4n) is 3.01. The SMILES string of the molecule is CC(C)CC(NC(=O)OCc1ccccc1)C(=O)NN(CC(C)(C)C)c1cncc(C#N)n1. The van der Waals surface area contributed by atoms with Crippen molar-refractivity contribution >= 4 is 17.8 Å². The second kappa shape index (κ2) is 11.8. The molecule has 0 saturated carbocycles. The van der Waals surface area contributed by atoms with Crippen LogP contribution in [0.25, 0.3) is 0 Å². The first-order chi connectivity index (χ1) is 15.6. The Kier molecular flexibility index (Phi) is 9.16. The van der Waals surface area contributed by atoms with Crippen LogP contribution in [-0.4, -0.2) is 34.6 Å². The van der Waals surface area contributed by atoms with Gasteiger partial charge in [-0.2, -0.15) is 5.26 Å². The summed E-state index contributed by atoms with van der Waals surface area (Å²) in [7, 11) is 0. The lowest BCUT2D eigenvalue weighted by Crippen LogP contribution is -2.55. The number of amides is 2. The Bertz CT molecular complexity index is 966. The van der Waals surface area contributed by atoms with Crippen LogP contribution in [0.4, 0.5) is 10.6 Å². The van der Waals surface area contributed by atoms with E-state index in [-0.39, 0.29) is 23.6 Å². The quantitative estimate of drug-likeness (QED) is 0.558. The molecule has 9 nitrogen and oxygen atoms in total. The number of hydrazine groups is 1. The van der Waals surface area contributed by atoms with Crippen molar-refractivity contribution < 1.29 is 14.3 Å². The predicted molar refractivity (Wildman–Crippen MR) is 125 cm³/mol. The van der Waals surface area contributed by atoms with Crippen LogP contribution in [0, 0.1) is 22.7 Å². The minimum atomic E-state index is -0.817. The molecule has 0 aliphatic rings. The fourth-order valence-corrected chi connectivity index (χ4v) is 3.01. The summed E-state index contributed by atoms with van der Waals surface area (Å²) >= 11 is 0. The molecule has 2 N–H and O–H groups in total. The molecule has 9 heteroatoms. The summed E-state index contributed by atoms with van der Waals surface area (Å²) in [5.74, 6) is 0.0778. The highest BCUT2D eigenvalue weighted by Gasteiger charge is 2.27. The number of carbonyl (C=O) groups excluding carboxylic acids is 2. The third-order valence-electron chi connectivity index (χ3n) is 4.42. The van der Waals surface area contributed by atoms with Crippen molar-refractivity contribution in [2.45, 2.75) is 53.7 Å². The van der Waals surface area contributed by atoms with E-state index in [2.05, 4.69) is 20.7 Å². The minimum absolute atomic E-state index is 0.107. The van der Waals surface area contributed by atoms with E-state index in [1.165, 1.54) is 12.4 Å². The summed E-state index contributed by atoms with van der Waals surface area (Å²) in [5.41, 5.74) is 3.63. The second-order valence-electron chi connectivity index (χ2n) is 9.39. The minimum Gasteiger partial charge on any atom is -0.445 e. The van der Waals surface area contributed by atoms with E-state index in [9.17, 15) is 9.59 Å². The third-order valence-corrected chi connectivity index (χ3v) is 4.42. The average Bonchev–Trinajstić information content (AvgIpc) is 2.76. The van der Waals surface area contributed by atoms with E-state index in [0.717, 1.165) is 5.56 Å². The summed E-state index contributed by atoms with van der Waals surface area (Å²) in [4.78, 5) is 33.9. The molecule has 0 fully saturated rings. The van der Waals surface area contributed by atoms with Gasteiger partial charge >= 0.3 is 6.09 Å². The lowest BCUT2D eigenvalue weighted by Gasteiger charge is -2.32. The molecule has 176 valence electrons. The standard InChI is InChI=1S/C24H32N6O3/c1-17(2)11-20(28-23(32)33-15-18-9-7-6-8-10-18)22(31)29-30(16-24(3,4)5)21-14-26-13-19(12-25)27-21/h6-10,13-14,17,20H,11,15-16H2,1-5H3,(H,28,32)(H,29,31). The first-order valence-corrected chi connectivity index (χ1v) is 10.8. The van der Waals surface area contributed by atoms with Crippen LogP contribution in [0.5, 0.6) is 0 Å². The molecule has 2 amide bonds. The molecule has 33 heavy (non-hydrogen) atoms. The number of hydrogen-bond donors (Lipinski definition) is 2. The Balaban J connectivity index is 2.13. The maximum absolute atomic E-state index is 13.2. The largest absolute Gasteiger partial charge is 0.445 e. The van der Waals surface area contributed by atoms with Crippen molar-refractivity contribution in [2.75, 3.05) is 11.6 Å². The number of nitriles is 1. The number of nitrogens with zero attached hydrogens (tertiary/aromatic N) is 4. The molecule has 2 rings (SSSR count). The number of anilines is 1. The number of rotatable bonds is 9. The van der Waals surface area contributed by atoms with Crippen LogP contribution in [0.1, 0.15) is 52.3 Å². The second-order valence-corrected chi connectivity index (χ2v) is 9.39.